The Bertz CT molecular complexity index is 1330. The molecule has 0 radical (unpaired) electrons. The molecule has 0 amide bonds. The molecule has 2 aliphatic carbocycles. The van der Waals surface area contributed by atoms with Gasteiger partial charge in [0.05, 0.1) is 6.61 Å². The average molecular weight is 493 g/mol. The maximum Gasteiger partial charge on any atom is 0.127 e. The van der Waals surface area contributed by atoms with Crippen LogP contribution >= 0.6 is 0 Å². The predicted octanol–water partition coefficient (Wildman–Crippen LogP) is 8.48. The number of hydrogen-bond acceptors (Lipinski definition) is 1. The lowest BCUT2D eigenvalue weighted by Crippen LogP contribution is -2.60. The maximum absolute atomic E-state index is 6.56. The highest BCUT2D eigenvalue weighted by atomic mass is 28.3. The van der Waals surface area contributed by atoms with Gasteiger partial charge >= 0.3 is 0 Å². The summed E-state index contributed by atoms with van der Waals surface area (Å²) in [5.74, 6) is 1.80. The van der Waals surface area contributed by atoms with Gasteiger partial charge in [-0.1, -0.05) is 131 Å². The van der Waals surface area contributed by atoms with Gasteiger partial charge in [0.2, 0.25) is 0 Å². The first-order valence-electron chi connectivity index (χ1n) is 14.4. The van der Waals surface area contributed by atoms with Crippen molar-refractivity contribution in [2.75, 3.05) is 6.61 Å². The van der Waals surface area contributed by atoms with Crippen molar-refractivity contribution in [2.45, 2.75) is 76.3 Å². The SMILES string of the molecule is C[Si@](c1cccc2ccccc12)(c1ccc(OCC2CCCCC2)c2ccccc12)C1CCCCC1. The van der Waals surface area contributed by atoms with Crippen LogP contribution in [0.15, 0.2) is 78.9 Å². The molecule has 4 aromatic rings. The molecule has 2 heteroatoms. The summed E-state index contributed by atoms with van der Waals surface area (Å²) < 4.78 is 6.56. The summed E-state index contributed by atoms with van der Waals surface area (Å²) in [5, 5.41) is 8.79. The molecule has 0 unspecified atom stereocenters. The van der Waals surface area contributed by atoms with Crippen molar-refractivity contribution >= 4 is 40.0 Å². The third kappa shape index (κ3) is 4.38. The van der Waals surface area contributed by atoms with E-state index in [9.17, 15) is 0 Å². The van der Waals surface area contributed by atoms with Gasteiger partial charge in [-0.05, 0) is 56.9 Å². The van der Waals surface area contributed by atoms with Gasteiger partial charge in [0.15, 0.2) is 0 Å². The summed E-state index contributed by atoms with van der Waals surface area (Å²) >= 11 is 0. The Kier molecular flexibility index (Phi) is 6.89. The van der Waals surface area contributed by atoms with E-state index in [1.807, 2.05) is 0 Å². The van der Waals surface area contributed by atoms with Crippen molar-refractivity contribution in [2.24, 2.45) is 5.92 Å². The summed E-state index contributed by atoms with van der Waals surface area (Å²) in [5.41, 5.74) is 0.773. The van der Waals surface area contributed by atoms with Gasteiger partial charge in [-0.25, -0.2) is 0 Å². The third-order valence-electron chi connectivity index (χ3n) is 9.41. The van der Waals surface area contributed by atoms with Crippen LogP contribution in [-0.2, 0) is 0 Å². The number of fused-ring (bicyclic) bond motifs is 2. The van der Waals surface area contributed by atoms with Gasteiger partial charge in [0.25, 0.3) is 0 Å². The predicted molar refractivity (Wildman–Crippen MR) is 158 cm³/mol. The second kappa shape index (κ2) is 10.4. The van der Waals surface area contributed by atoms with Crippen LogP contribution in [0.1, 0.15) is 64.2 Å². The second-order valence-electron chi connectivity index (χ2n) is 11.5. The van der Waals surface area contributed by atoms with Crippen molar-refractivity contribution in [3.63, 3.8) is 0 Å². The molecule has 0 N–H and O–H groups in total. The molecule has 2 aliphatic rings. The Hall–Kier alpha value is -2.58. The average Bonchev–Trinajstić information content (AvgIpc) is 2.96. The zero-order chi connectivity index (χ0) is 24.4. The molecule has 1 nitrogen and oxygen atoms in total. The van der Waals surface area contributed by atoms with Crippen molar-refractivity contribution < 1.29 is 4.74 Å². The first kappa shape index (κ1) is 23.8. The summed E-state index contributed by atoms with van der Waals surface area (Å²) in [4.78, 5) is 0. The zero-order valence-electron chi connectivity index (χ0n) is 21.8. The van der Waals surface area contributed by atoms with Crippen LogP contribution in [0.2, 0.25) is 12.1 Å². The van der Waals surface area contributed by atoms with E-state index in [2.05, 4.69) is 85.4 Å². The second-order valence-corrected chi connectivity index (χ2v) is 15.8. The topological polar surface area (TPSA) is 9.23 Å². The quantitative estimate of drug-likeness (QED) is 0.245. The zero-order valence-corrected chi connectivity index (χ0v) is 22.8. The van der Waals surface area contributed by atoms with E-state index >= 15 is 0 Å². The molecule has 6 rings (SSSR count). The Morgan fingerprint density at radius 3 is 2.00 bits per heavy atom. The first-order chi connectivity index (χ1) is 17.7. The van der Waals surface area contributed by atoms with E-state index in [4.69, 9.17) is 4.74 Å². The van der Waals surface area contributed by atoms with Crippen LogP contribution in [0.3, 0.4) is 0 Å². The van der Waals surface area contributed by atoms with Crippen LogP contribution < -0.4 is 15.1 Å². The fourth-order valence-electron chi connectivity index (χ4n) is 7.35. The van der Waals surface area contributed by atoms with E-state index in [0.29, 0.717) is 0 Å². The Balaban J connectivity index is 1.48. The molecule has 4 aromatic carbocycles. The van der Waals surface area contributed by atoms with E-state index in [0.717, 1.165) is 23.8 Å². The van der Waals surface area contributed by atoms with Gasteiger partial charge in [0.1, 0.15) is 13.8 Å². The molecule has 0 saturated heterocycles. The molecule has 2 saturated carbocycles. The fourth-order valence-corrected chi connectivity index (χ4v) is 12.5. The highest BCUT2D eigenvalue weighted by Gasteiger charge is 2.42. The van der Waals surface area contributed by atoms with Crippen LogP contribution in [0, 0.1) is 5.92 Å². The van der Waals surface area contributed by atoms with Crippen LogP contribution in [0.5, 0.6) is 5.75 Å². The standard InChI is InChI=1S/C34H40OSi/c1-36(28-17-6-3-7-18-28,33-22-12-16-27-15-8-9-19-29(27)33)34-24-23-32(30-20-10-11-21-31(30)34)35-25-26-13-4-2-5-14-26/h8-12,15-16,19-24,26,28H,2-7,13-14,17-18,25H2,1H3/t36-/m0/s1. The van der Waals surface area contributed by atoms with E-state index in [1.165, 1.54) is 85.8 Å². The number of rotatable bonds is 6. The number of hydrogen-bond donors (Lipinski definition) is 0. The van der Waals surface area contributed by atoms with Crippen LogP contribution in [0.25, 0.3) is 21.5 Å². The van der Waals surface area contributed by atoms with E-state index in [1.54, 1.807) is 10.4 Å². The monoisotopic (exact) mass is 492 g/mol. The molecule has 36 heavy (non-hydrogen) atoms. The van der Waals surface area contributed by atoms with Crippen molar-refractivity contribution in [1.29, 1.82) is 0 Å². The van der Waals surface area contributed by atoms with E-state index < -0.39 is 8.07 Å². The molecule has 186 valence electrons. The summed E-state index contributed by atoms with van der Waals surface area (Å²) in [7, 11) is -2.06. The van der Waals surface area contributed by atoms with Crippen LogP contribution in [-0.4, -0.2) is 14.7 Å². The lowest BCUT2D eigenvalue weighted by atomic mass is 9.90. The summed E-state index contributed by atoms with van der Waals surface area (Å²) in [6.45, 7) is 3.54. The molecule has 1 atom stereocenters. The molecular formula is C34H40OSi. The fraction of sp³-hybridized carbons (Fsp3) is 0.412. The van der Waals surface area contributed by atoms with Gasteiger partial charge in [-0.2, -0.15) is 0 Å². The van der Waals surface area contributed by atoms with Gasteiger partial charge in [-0.3, -0.25) is 0 Å². The van der Waals surface area contributed by atoms with Crippen molar-refractivity contribution in [1.82, 2.24) is 0 Å². The molecule has 0 bridgehead atoms. The first-order valence-corrected chi connectivity index (χ1v) is 17.0. The Labute approximate surface area is 217 Å². The highest BCUT2D eigenvalue weighted by Crippen LogP contribution is 2.40. The molecule has 2 fully saturated rings. The Morgan fingerprint density at radius 2 is 1.22 bits per heavy atom. The van der Waals surface area contributed by atoms with Crippen molar-refractivity contribution in [3.8, 4) is 5.75 Å². The van der Waals surface area contributed by atoms with Gasteiger partial charge in [0, 0.05) is 5.39 Å². The minimum absolute atomic E-state index is 0.717. The molecule has 0 aliphatic heterocycles. The third-order valence-corrected chi connectivity index (χ3v) is 14.7. The van der Waals surface area contributed by atoms with E-state index in [-0.39, 0.29) is 0 Å². The lowest BCUT2D eigenvalue weighted by molar-refractivity contribution is 0.210. The van der Waals surface area contributed by atoms with Crippen molar-refractivity contribution in [3.05, 3.63) is 78.9 Å². The largest absolute Gasteiger partial charge is 0.493 e. The normalized spacial score (nSPS) is 19.4. The summed E-state index contributed by atoms with van der Waals surface area (Å²) in [6, 6.07) is 30.0. The highest BCUT2D eigenvalue weighted by molar-refractivity contribution is 7.04. The van der Waals surface area contributed by atoms with Gasteiger partial charge in [-0.15, -0.1) is 0 Å². The maximum atomic E-state index is 6.56. The minimum Gasteiger partial charge on any atom is -0.493 e. The van der Waals surface area contributed by atoms with Gasteiger partial charge < -0.3 is 4.74 Å². The molecular weight excluding hydrogens is 452 g/mol. The number of benzene rings is 4. The molecule has 0 spiro atoms. The summed E-state index contributed by atoms with van der Waals surface area (Å²) in [6.07, 6.45) is 13.6. The molecule has 0 aromatic heterocycles. The smallest absolute Gasteiger partial charge is 0.127 e. The number of ether oxygens (including phenoxy) is 1. The molecule has 0 heterocycles. The van der Waals surface area contributed by atoms with Crippen LogP contribution in [0.4, 0.5) is 0 Å². The Morgan fingerprint density at radius 1 is 0.611 bits per heavy atom. The minimum atomic E-state index is -2.06. The lowest BCUT2D eigenvalue weighted by Gasteiger charge is -2.40.